The lowest BCUT2D eigenvalue weighted by Gasteiger charge is -2.66. The van der Waals surface area contributed by atoms with Crippen molar-refractivity contribution in [3.05, 3.63) is 58.9 Å². The standard InChI is InChI=1S/C29H35FO9/c1-14-17(32)12-29(36)24(38-25(35)16-9-7-6-8-10-16)22-27(5,23(34)21(33)20(14)26(29,3)4)18(30)11-19-28(22,13-37-19)39-15(2)31/h6-11,17,19,21-24,32-34,36H,12-13H2,1-5H3/t17-,19+,21+,22-,23+,24-,27+,28-,29+/m0/s1. The van der Waals surface area contributed by atoms with E-state index in [0.717, 1.165) is 6.08 Å². The Hall–Kier alpha value is -2.63. The Morgan fingerprint density at radius 3 is 2.31 bits per heavy atom. The monoisotopic (exact) mass is 546 g/mol. The minimum atomic E-state index is -2.11. The highest BCUT2D eigenvalue weighted by Crippen LogP contribution is 2.65. The first-order chi connectivity index (χ1) is 18.1. The number of rotatable bonds is 3. The number of esters is 2. The van der Waals surface area contributed by atoms with Gasteiger partial charge in [0.05, 0.1) is 35.7 Å². The second kappa shape index (κ2) is 8.94. The maximum atomic E-state index is 16.2. The van der Waals surface area contributed by atoms with Gasteiger partial charge >= 0.3 is 11.9 Å². The molecule has 0 aromatic heterocycles. The molecule has 1 aromatic rings. The van der Waals surface area contributed by atoms with Crippen LogP contribution in [-0.4, -0.2) is 80.7 Å². The molecule has 0 unspecified atom stereocenters. The van der Waals surface area contributed by atoms with Crippen molar-refractivity contribution < 1.29 is 48.6 Å². The summed E-state index contributed by atoms with van der Waals surface area (Å²) in [5, 5.41) is 47.0. The Morgan fingerprint density at radius 2 is 1.74 bits per heavy atom. The Kier molecular flexibility index (Phi) is 6.40. The minimum Gasteiger partial charge on any atom is -0.455 e. The summed E-state index contributed by atoms with van der Waals surface area (Å²) in [7, 11) is 0. The van der Waals surface area contributed by atoms with Gasteiger partial charge in [0, 0.05) is 18.8 Å². The van der Waals surface area contributed by atoms with Crippen LogP contribution >= 0.6 is 0 Å². The zero-order chi connectivity index (χ0) is 28.7. The Morgan fingerprint density at radius 1 is 1.10 bits per heavy atom. The van der Waals surface area contributed by atoms with E-state index in [1.165, 1.54) is 26.0 Å². The van der Waals surface area contributed by atoms with Crippen LogP contribution in [0.3, 0.4) is 0 Å². The predicted octanol–water partition coefficient (Wildman–Crippen LogP) is 1.98. The van der Waals surface area contributed by atoms with E-state index in [9.17, 15) is 30.0 Å². The van der Waals surface area contributed by atoms with Crippen LogP contribution in [0.25, 0.3) is 0 Å². The smallest absolute Gasteiger partial charge is 0.338 e. The van der Waals surface area contributed by atoms with Gasteiger partial charge in [-0.25, -0.2) is 9.18 Å². The van der Waals surface area contributed by atoms with E-state index < -0.39 is 76.2 Å². The van der Waals surface area contributed by atoms with E-state index in [1.54, 1.807) is 39.0 Å². The van der Waals surface area contributed by atoms with Gasteiger partial charge in [-0.15, -0.1) is 0 Å². The SMILES string of the molecule is CC(=O)O[C@@]12CO[C@@H]1C=C(F)[C@@]1(C)[C@H](O)[C@H](O)C3=C(C)[C@@H](O)C[C@@](O)([C@@H](OC(=O)c4ccccc4)[C@H]21)C3(C)C. The lowest BCUT2D eigenvalue weighted by Crippen LogP contribution is -2.79. The molecule has 0 radical (unpaired) electrons. The summed E-state index contributed by atoms with van der Waals surface area (Å²) < 4.78 is 33.7. The van der Waals surface area contributed by atoms with Crippen molar-refractivity contribution in [2.75, 3.05) is 6.61 Å². The predicted molar refractivity (Wildman–Crippen MR) is 135 cm³/mol. The van der Waals surface area contributed by atoms with Crippen LogP contribution in [0.4, 0.5) is 4.39 Å². The van der Waals surface area contributed by atoms with Gasteiger partial charge in [0.1, 0.15) is 29.7 Å². The molecule has 1 aliphatic heterocycles. The molecular weight excluding hydrogens is 511 g/mol. The van der Waals surface area contributed by atoms with Crippen LogP contribution in [0.2, 0.25) is 0 Å². The van der Waals surface area contributed by atoms with Gasteiger partial charge in [-0.3, -0.25) is 4.79 Å². The van der Waals surface area contributed by atoms with Gasteiger partial charge in [0.2, 0.25) is 0 Å². The van der Waals surface area contributed by atoms with Crippen LogP contribution in [0.1, 0.15) is 51.4 Å². The first kappa shape index (κ1) is 27.9. The van der Waals surface area contributed by atoms with Crippen molar-refractivity contribution in [1.82, 2.24) is 0 Å². The zero-order valence-corrected chi connectivity index (χ0v) is 22.6. The second-order valence-corrected chi connectivity index (χ2v) is 12.0. The summed E-state index contributed by atoms with van der Waals surface area (Å²) in [5.41, 5.74) is -6.55. The fourth-order valence-corrected chi connectivity index (χ4v) is 7.45. The Balaban J connectivity index is 1.82. The average Bonchev–Trinajstić information content (AvgIpc) is 2.87. The summed E-state index contributed by atoms with van der Waals surface area (Å²) in [4.78, 5) is 25.9. The number of aliphatic hydroxyl groups excluding tert-OH is 3. The van der Waals surface area contributed by atoms with Crippen molar-refractivity contribution in [2.24, 2.45) is 16.7 Å². The molecule has 2 bridgehead atoms. The maximum absolute atomic E-state index is 16.2. The van der Waals surface area contributed by atoms with E-state index >= 15 is 4.39 Å². The highest BCUT2D eigenvalue weighted by molar-refractivity contribution is 5.89. The summed E-state index contributed by atoms with van der Waals surface area (Å²) in [6, 6.07) is 8.00. The number of ether oxygens (including phenoxy) is 3. The van der Waals surface area contributed by atoms with Crippen LogP contribution < -0.4 is 0 Å². The van der Waals surface area contributed by atoms with Gasteiger partial charge in [-0.05, 0) is 36.3 Å². The maximum Gasteiger partial charge on any atom is 0.338 e. The van der Waals surface area contributed by atoms with Gasteiger partial charge in [-0.1, -0.05) is 39.0 Å². The third-order valence-electron chi connectivity index (χ3n) is 9.70. The first-order valence-electron chi connectivity index (χ1n) is 13.1. The molecule has 212 valence electrons. The number of hydrogen-bond donors (Lipinski definition) is 4. The molecular formula is C29H35FO9. The number of fused-ring (bicyclic) bond motifs is 5. The molecule has 4 aliphatic rings. The van der Waals surface area contributed by atoms with E-state index in [-0.39, 0.29) is 24.2 Å². The molecule has 1 heterocycles. The van der Waals surface area contributed by atoms with Gasteiger partial charge < -0.3 is 34.6 Å². The molecule has 2 fully saturated rings. The first-order valence-corrected chi connectivity index (χ1v) is 13.1. The molecule has 9 atom stereocenters. The van der Waals surface area contributed by atoms with Crippen LogP contribution in [0, 0.1) is 16.7 Å². The number of aliphatic hydroxyl groups is 4. The normalized spacial score (nSPS) is 42.6. The number of benzene rings is 1. The minimum absolute atomic E-state index is 0.123. The Labute approximate surface area is 225 Å². The summed E-state index contributed by atoms with van der Waals surface area (Å²) >= 11 is 0. The Bertz CT molecular complexity index is 1260. The van der Waals surface area contributed by atoms with Gasteiger partial charge in [-0.2, -0.15) is 0 Å². The number of halogens is 1. The molecule has 0 amide bonds. The number of hydrogen-bond acceptors (Lipinski definition) is 9. The van der Waals surface area contributed by atoms with Crippen molar-refractivity contribution in [3.8, 4) is 0 Å². The fourth-order valence-electron chi connectivity index (χ4n) is 7.45. The molecule has 39 heavy (non-hydrogen) atoms. The van der Waals surface area contributed by atoms with Crippen LogP contribution in [0.15, 0.2) is 53.4 Å². The third-order valence-corrected chi connectivity index (χ3v) is 9.70. The lowest BCUT2D eigenvalue weighted by molar-refractivity contribution is -0.324. The fraction of sp³-hybridized carbons (Fsp3) is 0.586. The van der Waals surface area contributed by atoms with Crippen molar-refractivity contribution >= 4 is 11.9 Å². The van der Waals surface area contributed by atoms with Crippen molar-refractivity contribution in [2.45, 2.75) is 82.8 Å². The molecule has 5 rings (SSSR count). The van der Waals surface area contributed by atoms with E-state index in [1.807, 2.05) is 0 Å². The topological polar surface area (TPSA) is 143 Å². The molecule has 0 spiro atoms. The van der Waals surface area contributed by atoms with Gasteiger partial charge in [0.25, 0.3) is 0 Å². The molecule has 1 aromatic carbocycles. The summed E-state index contributed by atoms with van der Waals surface area (Å²) in [5.74, 6) is -3.85. The third kappa shape index (κ3) is 3.62. The highest BCUT2D eigenvalue weighted by atomic mass is 19.1. The average molecular weight is 547 g/mol. The van der Waals surface area contributed by atoms with E-state index in [4.69, 9.17) is 14.2 Å². The largest absolute Gasteiger partial charge is 0.455 e. The number of carbonyl (C=O) groups excluding carboxylic acids is 2. The molecule has 10 heteroatoms. The summed E-state index contributed by atoms with van der Waals surface area (Å²) in [6.45, 7) is 7.09. The second-order valence-electron chi connectivity index (χ2n) is 12.0. The van der Waals surface area contributed by atoms with E-state index in [0.29, 0.717) is 5.57 Å². The van der Waals surface area contributed by atoms with Crippen molar-refractivity contribution in [3.63, 3.8) is 0 Å². The van der Waals surface area contributed by atoms with Crippen LogP contribution in [-0.2, 0) is 19.0 Å². The zero-order valence-electron chi connectivity index (χ0n) is 22.6. The molecule has 3 aliphatic carbocycles. The molecule has 9 nitrogen and oxygen atoms in total. The molecule has 1 saturated carbocycles. The quantitative estimate of drug-likeness (QED) is 0.331. The van der Waals surface area contributed by atoms with E-state index in [2.05, 4.69) is 0 Å². The molecule has 1 saturated heterocycles. The highest BCUT2D eigenvalue weighted by Gasteiger charge is 2.76. The lowest BCUT2D eigenvalue weighted by atomic mass is 9.46. The summed E-state index contributed by atoms with van der Waals surface area (Å²) in [6.07, 6.45) is -6.80. The number of carbonyl (C=O) groups is 2. The van der Waals surface area contributed by atoms with Crippen LogP contribution in [0.5, 0.6) is 0 Å². The van der Waals surface area contributed by atoms with Gasteiger partial charge in [0.15, 0.2) is 5.60 Å². The molecule has 4 N–H and O–H groups in total. The van der Waals surface area contributed by atoms with Crippen molar-refractivity contribution in [1.29, 1.82) is 0 Å².